The number of hydrogen-bond donors (Lipinski definition) is 6. The van der Waals surface area contributed by atoms with Gasteiger partial charge in [-0.1, -0.05) is 24.3 Å². The molecule has 0 unspecified atom stereocenters. The SMILES string of the molecule is C1CCOC1.CC(C)(C)OC(=O)N1CCC[C@H]1CO.CC(C)(C)OC(=O)N1CCC[C@H]1CON.CC(C)(C)OC(=O)N1CCC[C@H]1CON1C(=O)c2ccccc2C1=O.CCO.NN.O=C1c2ccccc2C(=O)N1O. The van der Waals surface area contributed by atoms with Crippen LogP contribution in [0.3, 0.4) is 0 Å². The van der Waals surface area contributed by atoms with Crippen molar-refractivity contribution in [2.75, 3.05) is 59.3 Å². The molecule has 7 amide bonds. The van der Waals surface area contributed by atoms with E-state index >= 15 is 0 Å². The number of amides is 7. The van der Waals surface area contributed by atoms with Crippen LogP contribution in [-0.4, -0.2) is 176 Å². The Morgan fingerprint density at radius 1 is 0.566 bits per heavy atom. The Bertz CT molecular complexity index is 2100. The normalized spacial score (nSPS) is 19.4. The zero-order chi connectivity index (χ0) is 57.4. The lowest BCUT2D eigenvalue weighted by Gasteiger charge is -2.29. The van der Waals surface area contributed by atoms with Crippen LogP contribution in [0.1, 0.15) is 162 Å². The first kappa shape index (κ1) is 66.3. The van der Waals surface area contributed by atoms with Crippen molar-refractivity contribution in [1.29, 1.82) is 0 Å². The van der Waals surface area contributed by atoms with Gasteiger partial charge in [-0.05, 0) is 145 Å². The van der Waals surface area contributed by atoms with Crippen molar-refractivity contribution >= 4 is 41.9 Å². The third kappa shape index (κ3) is 21.3. The molecule has 4 fully saturated rings. The van der Waals surface area contributed by atoms with Gasteiger partial charge in [0.2, 0.25) is 0 Å². The molecule has 24 nitrogen and oxygen atoms in total. The van der Waals surface area contributed by atoms with E-state index in [1.807, 2.05) is 62.3 Å². The van der Waals surface area contributed by atoms with E-state index in [2.05, 4.69) is 16.5 Å². The molecule has 0 aliphatic carbocycles. The number of nitrogens with two attached hydrogens (primary N) is 3. The Balaban J connectivity index is 0.000000338. The number of imide groups is 2. The van der Waals surface area contributed by atoms with E-state index in [0.717, 1.165) is 63.3 Å². The van der Waals surface area contributed by atoms with Gasteiger partial charge in [-0.3, -0.25) is 40.9 Å². The number of benzene rings is 2. The maximum atomic E-state index is 12.3. The first-order valence-corrected chi connectivity index (χ1v) is 25.5. The van der Waals surface area contributed by atoms with Crippen LogP contribution < -0.4 is 17.6 Å². The molecule has 2 aromatic carbocycles. The average molecular weight is 1080 g/mol. The van der Waals surface area contributed by atoms with Gasteiger partial charge in [0.25, 0.3) is 23.6 Å². The summed E-state index contributed by atoms with van der Waals surface area (Å²) in [5.74, 6) is 10.8. The average Bonchev–Trinajstić information content (AvgIpc) is 4.24. The maximum absolute atomic E-state index is 12.3. The van der Waals surface area contributed by atoms with E-state index in [0.29, 0.717) is 30.8 Å². The van der Waals surface area contributed by atoms with Gasteiger partial charge in [-0.2, -0.15) is 0 Å². The van der Waals surface area contributed by atoms with Gasteiger partial charge in [0.1, 0.15) is 16.8 Å². The summed E-state index contributed by atoms with van der Waals surface area (Å²) in [4.78, 5) is 97.3. The lowest BCUT2D eigenvalue weighted by atomic mass is 10.1. The van der Waals surface area contributed by atoms with Crippen LogP contribution in [0.15, 0.2) is 48.5 Å². The second-order valence-electron chi connectivity index (χ2n) is 20.8. The van der Waals surface area contributed by atoms with Crippen LogP contribution in [0.5, 0.6) is 0 Å². The predicted molar refractivity (Wildman–Crippen MR) is 278 cm³/mol. The standard InChI is InChI=1S/C18H22N2O5.C10H20N2O3.C10H19NO3.C8H5NO3.C4H8O.C2H6O.H4N2/c1-18(2,3)25-17(23)19-10-6-7-12(19)11-24-20-15(21)13-8-4-5-9-14(13)16(20)22;1-10(2,3)15-9(13)12-6-4-5-8(12)7-14-11;1-10(2,3)14-9(13)11-6-4-5-8(11)7-12;10-7-5-3-1-2-4-6(5)8(11)9(7)12;1-2-4-5-3-1;1-2-3;1-2/h4-5,8-9,12H,6-7,10-11H2,1-3H3;8H,4-7,11H2,1-3H3;8,12H,4-7H2,1-3H3;1-4,12H;1-4H2;3H,2H2,1H3;1-2H2/t12-;2*8-;;;;/m000..../s1. The summed E-state index contributed by atoms with van der Waals surface area (Å²) in [6, 6.07) is 12.7. The summed E-state index contributed by atoms with van der Waals surface area (Å²) in [5.41, 5.74) is -0.304. The molecule has 0 spiro atoms. The molecular weight excluding hydrogens is 993 g/mol. The summed E-state index contributed by atoms with van der Waals surface area (Å²) in [5, 5.41) is 26.4. The minimum absolute atomic E-state index is 0.0270. The Morgan fingerprint density at radius 3 is 1.18 bits per heavy atom. The number of rotatable bonds is 6. The van der Waals surface area contributed by atoms with Gasteiger partial charge in [0.05, 0.1) is 60.2 Å². The molecule has 6 aliphatic heterocycles. The molecule has 0 saturated carbocycles. The third-order valence-electron chi connectivity index (χ3n) is 11.3. The minimum atomic E-state index is -0.657. The van der Waals surface area contributed by atoms with Crippen molar-refractivity contribution in [3.63, 3.8) is 0 Å². The summed E-state index contributed by atoms with van der Waals surface area (Å²) < 4.78 is 20.9. The van der Waals surface area contributed by atoms with Crippen LogP contribution in [0.4, 0.5) is 14.4 Å². The second-order valence-corrected chi connectivity index (χ2v) is 20.8. The van der Waals surface area contributed by atoms with Crippen molar-refractivity contribution in [2.45, 2.75) is 156 Å². The van der Waals surface area contributed by atoms with E-state index < -0.39 is 46.5 Å². The number of nitrogens with zero attached hydrogens (tertiary/aromatic N) is 5. The highest BCUT2D eigenvalue weighted by molar-refractivity contribution is 6.21. The minimum Gasteiger partial charge on any atom is -0.444 e. The van der Waals surface area contributed by atoms with Crippen LogP contribution in [0.2, 0.25) is 0 Å². The smallest absolute Gasteiger partial charge is 0.410 e. The number of aliphatic hydroxyl groups excluding tert-OH is 2. The van der Waals surface area contributed by atoms with Gasteiger partial charge >= 0.3 is 18.3 Å². The highest BCUT2D eigenvalue weighted by Gasteiger charge is 2.40. The first-order chi connectivity index (χ1) is 35.8. The third-order valence-corrected chi connectivity index (χ3v) is 11.3. The Labute approximate surface area is 446 Å². The Hall–Kier alpha value is -5.83. The van der Waals surface area contributed by atoms with Crippen molar-refractivity contribution in [3.8, 4) is 0 Å². The van der Waals surface area contributed by atoms with E-state index in [9.17, 15) is 33.6 Å². The number of hydrazine groups is 1. The molecule has 76 heavy (non-hydrogen) atoms. The van der Waals surface area contributed by atoms with Gasteiger partial charge in [-0.25, -0.2) is 20.3 Å². The van der Waals surface area contributed by atoms with Gasteiger partial charge in [-0.15, -0.1) is 10.1 Å². The lowest BCUT2D eigenvalue weighted by Crippen LogP contribution is -2.43. The molecule has 4 saturated heterocycles. The molecule has 8 rings (SSSR count). The molecule has 24 heteroatoms. The highest BCUT2D eigenvalue weighted by atomic mass is 16.7. The van der Waals surface area contributed by atoms with Crippen molar-refractivity contribution in [2.24, 2.45) is 17.6 Å². The fraction of sp³-hybridized carbons (Fsp3) is 0.635. The number of carbonyl (C=O) groups is 7. The Morgan fingerprint density at radius 2 is 0.882 bits per heavy atom. The molecule has 428 valence electrons. The maximum Gasteiger partial charge on any atom is 0.410 e. The fourth-order valence-corrected chi connectivity index (χ4v) is 7.97. The highest BCUT2D eigenvalue weighted by Crippen LogP contribution is 2.27. The molecule has 9 N–H and O–H groups in total. The molecule has 0 radical (unpaired) electrons. The number of likely N-dealkylation sites (tertiary alicyclic amines) is 3. The molecular formula is C52H84N8O16. The van der Waals surface area contributed by atoms with E-state index in [4.69, 9.17) is 45.1 Å². The van der Waals surface area contributed by atoms with E-state index in [1.165, 1.54) is 25.0 Å². The second kappa shape index (κ2) is 32.0. The summed E-state index contributed by atoms with van der Waals surface area (Å²) >= 11 is 0. The van der Waals surface area contributed by atoms with Crippen LogP contribution in [0, 0.1) is 0 Å². The van der Waals surface area contributed by atoms with Gasteiger partial charge in [0, 0.05) is 39.5 Å². The monoisotopic (exact) mass is 1080 g/mol. The molecule has 6 aliphatic rings. The summed E-state index contributed by atoms with van der Waals surface area (Å²) in [6.07, 6.45) is 6.86. The Kier molecular flexibility index (Phi) is 27.9. The van der Waals surface area contributed by atoms with Crippen LogP contribution in [-0.2, 0) is 28.6 Å². The fourth-order valence-electron chi connectivity index (χ4n) is 7.97. The molecule has 6 heterocycles. The topological polar surface area (TPSA) is 330 Å². The first-order valence-electron chi connectivity index (χ1n) is 25.5. The number of hydroxylamine groups is 4. The molecule has 0 bridgehead atoms. The zero-order valence-electron chi connectivity index (χ0n) is 46.0. The quantitative estimate of drug-likeness (QED) is 0.0678. The summed E-state index contributed by atoms with van der Waals surface area (Å²) in [6.45, 7) is 22.9. The van der Waals surface area contributed by atoms with Crippen LogP contribution >= 0.6 is 0 Å². The number of aliphatic hydroxyl groups is 2. The summed E-state index contributed by atoms with van der Waals surface area (Å²) in [7, 11) is 0. The number of carbonyl (C=O) groups excluding carboxylic acids is 7. The van der Waals surface area contributed by atoms with Crippen molar-refractivity contribution in [3.05, 3.63) is 70.8 Å². The van der Waals surface area contributed by atoms with Gasteiger partial charge in [0.15, 0.2) is 0 Å². The molecule has 3 atom stereocenters. The van der Waals surface area contributed by atoms with Crippen LogP contribution in [0.25, 0.3) is 0 Å². The zero-order valence-corrected chi connectivity index (χ0v) is 46.0. The molecule has 2 aromatic rings. The van der Waals surface area contributed by atoms with E-state index in [-0.39, 0.29) is 66.3 Å². The number of hydrogen-bond acceptors (Lipinski definition) is 19. The number of ether oxygens (including phenoxy) is 4. The van der Waals surface area contributed by atoms with Gasteiger partial charge < -0.3 is 48.7 Å². The van der Waals surface area contributed by atoms with E-state index in [1.54, 1.807) is 58.0 Å². The molecule has 0 aromatic heterocycles. The number of fused-ring (bicyclic) bond motifs is 2. The van der Waals surface area contributed by atoms with Crippen molar-refractivity contribution < 1.29 is 77.6 Å². The largest absolute Gasteiger partial charge is 0.444 e. The lowest BCUT2D eigenvalue weighted by molar-refractivity contribution is -0.104. The predicted octanol–water partition coefficient (Wildman–Crippen LogP) is 5.55. The van der Waals surface area contributed by atoms with Crippen molar-refractivity contribution in [1.82, 2.24) is 24.8 Å².